The Morgan fingerprint density at radius 1 is 1.23 bits per heavy atom. The summed E-state index contributed by atoms with van der Waals surface area (Å²) in [5.41, 5.74) is 6.63. The lowest BCUT2D eigenvalue weighted by Gasteiger charge is -2.35. The highest BCUT2D eigenvalue weighted by Gasteiger charge is 2.28. The van der Waals surface area contributed by atoms with Crippen molar-refractivity contribution < 1.29 is 4.92 Å². The molecule has 1 aliphatic rings. The first-order valence-electron chi connectivity index (χ1n) is 8.78. The molecule has 0 bridgehead atoms. The topological polar surface area (TPSA) is 110 Å². The zero-order valence-corrected chi connectivity index (χ0v) is 15.1. The van der Waals surface area contributed by atoms with E-state index in [0.29, 0.717) is 24.3 Å². The largest absolute Gasteiger partial charge is 0.378 e. The summed E-state index contributed by atoms with van der Waals surface area (Å²) in [5, 5.41) is 14.5. The summed E-state index contributed by atoms with van der Waals surface area (Å²) in [4.78, 5) is 21.6. The van der Waals surface area contributed by atoms with Gasteiger partial charge in [-0.25, -0.2) is 0 Å². The van der Waals surface area contributed by atoms with Crippen molar-refractivity contribution in [1.82, 2.24) is 9.97 Å². The second-order valence-electron chi connectivity index (χ2n) is 7.05. The third kappa shape index (κ3) is 4.01. The second-order valence-corrected chi connectivity index (χ2v) is 7.05. The van der Waals surface area contributed by atoms with E-state index in [1.807, 2.05) is 30.3 Å². The number of nitrogens with one attached hydrogen (secondary N) is 1. The van der Waals surface area contributed by atoms with Crippen LogP contribution in [0.2, 0.25) is 0 Å². The van der Waals surface area contributed by atoms with Gasteiger partial charge in [-0.2, -0.15) is 9.97 Å². The second kappa shape index (κ2) is 7.55. The molecule has 2 aromatic rings. The van der Waals surface area contributed by atoms with Crippen LogP contribution in [0.5, 0.6) is 0 Å². The predicted molar refractivity (Wildman–Crippen MR) is 102 cm³/mol. The molecular weight excluding hydrogens is 332 g/mol. The molecule has 2 heterocycles. The molecule has 8 heteroatoms. The van der Waals surface area contributed by atoms with E-state index in [4.69, 9.17) is 5.73 Å². The van der Waals surface area contributed by atoms with Gasteiger partial charge in [0, 0.05) is 19.6 Å². The van der Waals surface area contributed by atoms with E-state index < -0.39 is 4.92 Å². The number of hydrogen-bond acceptors (Lipinski definition) is 7. The van der Waals surface area contributed by atoms with Crippen molar-refractivity contribution >= 4 is 23.3 Å². The number of aromatic nitrogens is 2. The highest BCUT2D eigenvalue weighted by Crippen LogP contribution is 2.32. The standard InChI is InChI=1S/C18H24N6O2/c1-12-8-13(2)11-23(10-12)18-21-16(19)15(24(25)26)17(22-18)20-9-14-6-4-3-5-7-14/h3-7,12-13H,8-11H2,1-2H3,(H3,19,20,21,22)/t12-,13+. The fraction of sp³-hybridized carbons (Fsp3) is 0.444. The highest BCUT2D eigenvalue weighted by atomic mass is 16.6. The number of anilines is 3. The first-order valence-corrected chi connectivity index (χ1v) is 8.78. The van der Waals surface area contributed by atoms with E-state index in [2.05, 4.69) is 34.0 Å². The Morgan fingerprint density at radius 3 is 2.50 bits per heavy atom. The first-order chi connectivity index (χ1) is 12.4. The normalized spacial score (nSPS) is 20.0. The Bertz CT molecular complexity index is 773. The fourth-order valence-corrected chi connectivity index (χ4v) is 3.51. The molecule has 0 spiro atoms. The highest BCUT2D eigenvalue weighted by molar-refractivity contribution is 5.70. The zero-order chi connectivity index (χ0) is 18.7. The van der Waals surface area contributed by atoms with Crippen LogP contribution in [0.15, 0.2) is 30.3 Å². The summed E-state index contributed by atoms with van der Waals surface area (Å²) in [6.07, 6.45) is 1.15. The van der Waals surface area contributed by atoms with Gasteiger partial charge in [0.2, 0.25) is 17.6 Å². The zero-order valence-electron chi connectivity index (χ0n) is 15.1. The quantitative estimate of drug-likeness (QED) is 0.625. The Morgan fingerprint density at radius 2 is 1.88 bits per heavy atom. The smallest absolute Gasteiger partial charge is 0.353 e. The molecule has 1 saturated heterocycles. The van der Waals surface area contributed by atoms with Gasteiger partial charge in [-0.1, -0.05) is 44.2 Å². The summed E-state index contributed by atoms with van der Waals surface area (Å²) >= 11 is 0. The molecule has 0 saturated carbocycles. The van der Waals surface area contributed by atoms with Crippen molar-refractivity contribution in [3.8, 4) is 0 Å². The van der Waals surface area contributed by atoms with E-state index in [1.165, 1.54) is 0 Å². The SMILES string of the molecule is C[C@@H]1C[C@H](C)CN(c2nc(N)c([N+](=O)[O-])c(NCc3ccccc3)n2)C1. The van der Waals surface area contributed by atoms with Crippen LogP contribution in [0.4, 0.5) is 23.3 Å². The van der Waals surface area contributed by atoms with E-state index in [0.717, 1.165) is 25.1 Å². The summed E-state index contributed by atoms with van der Waals surface area (Å²) in [6.45, 7) is 6.43. The molecule has 0 amide bonds. The number of nitrogens with zero attached hydrogens (tertiary/aromatic N) is 4. The van der Waals surface area contributed by atoms with E-state index in [9.17, 15) is 10.1 Å². The molecule has 3 N–H and O–H groups in total. The number of hydrogen-bond donors (Lipinski definition) is 2. The molecule has 8 nitrogen and oxygen atoms in total. The molecule has 0 aliphatic carbocycles. The minimum absolute atomic E-state index is 0.110. The molecule has 0 radical (unpaired) electrons. The van der Waals surface area contributed by atoms with Crippen LogP contribution >= 0.6 is 0 Å². The van der Waals surface area contributed by atoms with Crippen molar-refractivity contribution in [1.29, 1.82) is 0 Å². The predicted octanol–water partition coefficient (Wildman–Crippen LogP) is 3.06. The van der Waals surface area contributed by atoms with Gasteiger partial charge in [0.25, 0.3) is 0 Å². The van der Waals surface area contributed by atoms with Gasteiger partial charge >= 0.3 is 5.69 Å². The van der Waals surface area contributed by atoms with Crippen LogP contribution in [0.3, 0.4) is 0 Å². The van der Waals surface area contributed by atoms with Gasteiger partial charge < -0.3 is 16.0 Å². The minimum Gasteiger partial charge on any atom is -0.378 e. The third-order valence-corrected chi connectivity index (χ3v) is 4.54. The van der Waals surface area contributed by atoms with Crippen LogP contribution < -0.4 is 16.0 Å². The van der Waals surface area contributed by atoms with Crippen LogP contribution in [0, 0.1) is 22.0 Å². The maximum atomic E-state index is 11.4. The molecule has 3 rings (SSSR count). The number of piperidine rings is 1. The summed E-state index contributed by atoms with van der Waals surface area (Å²) in [6, 6.07) is 9.64. The van der Waals surface area contributed by atoms with E-state index >= 15 is 0 Å². The number of rotatable bonds is 5. The first kappa shape index (κ1) is 17.9. The maximum absolute atomic E-state index is 11.4. The van der Waals surface area contributed by atoms with Gasteiger partial charge in [-0.05, 0) is 23.8 Å². The molecule has 0 unspecified atom stereocenters. The lowest BCUT2D eigenvalue weighted by Crippen LogP contribution is -2.39. The van der Waals surface area contributed by atoms with Crippen molar-refractivity contribution in [3.05, 3.63) is 46.0 Å². The number of benzene rings is 1. The van der Waals surface area contributed by atoms with Gasteiger partial charge in [0.15, 0.2) is 0 Å². The van der Waals surface area contributed by atoms with Gasteiger partial charge in [0.05, 0.1) is 4.92 Å². The van der Waals surface area contributed by atoms with Crippen molar-refractivity contribution in [2.24, 2.45) is 11.8 Å². The summed E-state index contributed by atoms with van der Waals surface area (Å²) in [5.74, 6) is 1.52. The monoisotopic (exact) mass is 356 g/mol. The van der Waals surface area contributed by atoms with Crippen LogP contribution in [-0.2, 0) is 6.54 Å². The van der Waals surface area contributed by atoms with Gasteiger partial charge in [0.1, 0.15) is 0 Å². The molecule has 26 heavy (non-hydrogen) atoms. The minimum atomic E-state index is -0.534. The van der Waals surface area contributed by atoms with Gasteiger partial charge in [-0.3, -0.25) is 10.1 Å². The Balaban J connectivity index is 1.90. The molecular formula is C18H24N6O2. The average Bonchev–Trinajstić information content (AvgIpc) is 2.59. The molecule has 1 aliphatic heterocycles. The van der Waals surface area contributed by atoms with Crippen molar-refractivity contribution in [2.75, 3.05) is 29.0 Å². The number of nitrogens with two attached hydrogens (primary N) is 1. The lowest BCUT2D eigenvalue weighted by molar-refractivity contribution is -0.383. The molecule has 1 aromatic heterocycles. The lowest BCUT2D eigenvalue weighted by atomic mass is 9.92. The number of nitro groups is 1. The maximum Gasteiger partial charge on any atom is 0.353 e. The Kier molecular flexibility index (Phi) is 5.20. The van der Waals surface area contributed by atoms with Crippen LogP contribution in [0.25, 0.3) is 0 Å². The summed E-state index contributed by atoms with van der Waals surface area (Å²) in [7, 11) is 0. The van der Waals surface area contributed by atoms with Crippen LogP contribution in [-0.4, -0.2) is 28.0 Å². The van der Waals surface area contributed by atoms with Gasteiger partial charge in [-0.15, -0.1) is 0 Å². The molecule has 1 fully saturated rings. The van der Waals surface area contributed by atoms with Crippen molar-refractivity contribution in [2.45, 2.75) is 26.8 Å². The third-order valence-electron chi connectivity index (χ3n) is 4.54. The van der Waals surface area contributed by atoms with E-state index in [1.54, 1.807) is 0 Å². The Hall–Kier alpha value is -2.90. The molecule has 1 aromatic carbocycles. The molecule has 2 atom stereocenters. The average molecular weight is 356 g/mol. The van der Waals surface area contributed by atoms with E-state index in [-0.39, 0.29) is 17.3 Å². The van der Waals surface area contributed by atoms with Crippen molar-refractivity contribution in [3.63, 3.8) is 0 Å². The number of nitrogen functional groups attached to an aromatic ring is 1. The fourth-order valence-electron chi connectivity index (χ4n) is 3.51. The van der Waals surface area contributed by atoms with Crippen LogP contribution in [0.1, 0.15) is 25.8 Å². The summed E-state index contributed by atoms with van der Waals surface area (Å²) < 4.78 is 0. The Labute approximate surface area is 152 Å². The molecule has 138 valence electrons.